The van der Waals surface area contributed by atoms with Gasteiger partial charge in [-0.1, -0.05) is 13.8 Å². The predicted molar refractivity (Wildman–Crippen MR) is 92.8 cm³/mol. The van der Waals surface area contributed by atoms with E-state index in [0.29, 0.717) is 24.2 Å². The van der Waals surface area contributed by atoms with Crippen LogP contribution in [0.2, 0.25) is 0 Å². The highest BCUT2D eigenvalue weighted by Gasteiger charge is 2.25. The van der Waals surface area contributed by atoms with Crippen molar-refractivity contribution in [2.45, 2.75) is 32.7 Å². The lowest BCUT2D eigenvalue weighted by Crippen LogP contribution is -2.32. The van der Waals surface area contributed by atoms with Crippen LogP contribution in [0.4, 0.5) is 11.8 Å². The Bertz CT molecular complexity index is 920. The molecule has 0 unspecified atom stereocenters. The first-order chi connectivity index (χ1) is 11.5. The van der Waals surface area contributed by atoms with Crippen molar-refractivity contribution in [2.75, 3.05) is 17.2 Å². The van der Waals surface area contributed by atoms with Crippen molar-refractivity contribution >= 4 is 22.8 Å². The second-order valence-corrected chi connectivity index (χ2v) is 6.66. The summed E-state index contributed by atoms with van der Waals surface area (Å²) in [4.78, 5) is 16.1. The van der Waals surface area contributed by atoms with Crippen molar-refractivity contribution in [3.05, 3.63) is 23.4 Å². The number of rotatable bonds is 2. The molecule has 3 aromatic heterocycles. The molecule has 4 heterocycles. The van der Waals surface area contributed by atoms with E-state index < -0.39 is 0 Å². The van der Waals surface area contributed by atoms with E-state index in [1.165, 1.54) is 5.69 Å². The lowest BCUT2D eigenvalue weighted by Gasteiger charge is -2.26. The van der Waals surface area contributed by atoms with Gasteiger partial charge in [-0.3, -0.25) is 4.68 Å². The van der Waals surface area contributed by atoms with Crippen molar-refractivity contribution in [3.8, 4) is 0 Å². The first-order valence-electron chi connectivity index (χ1n) is 8.20. The highest BCUT2D eigenvalue weighted by atomic mass is 15.3. The molecule has 0 spiro atoms. The van der Waals surface area contributed by atoms with Gasteiger partial charge in [-0.05, 0) is 0 Å². The van der Waals surface area contributed by atoms with Crippen molar-refractivity contribution < 1.29 is 0 Å². The van der Waals surface area contributed by atoms with Crippen LogP contribution in [-0.2, 0) is 27.1 Å². The van der Waals surface area contributed by atoms with Crippen LogP contribution >= 0.6 is 0 Å². The number of hydrogen-bond acceptors (Lipinski definition) is 6. The summed E-state index contributed by atoms with van der Waals surface area (Å²) >= 11 is 0. The molecule has 0 aromatic carbocycles. The summed E-state index contributed by atoms with van der Waals surface area (Å²) < 4.78 is 3.96. The average molecular weight is 326 g/mol. The Kier molecular flexibility index (Phi) is 3.22. The van der Waals surface area contributed by atoms with Gasteiger partial charge in [0.25, 0.3) is 0 Å². The normalized spacial score (nSPS) is 14.6. The minimum absolute atomic E-state index is 0.409. The topological polar surface area (TPSA) is 90.7 Å². The van der Waals surface area contributed by atoms with E-state index in [4.69, 9.17) is 10.7 Å². The number of aryl methyl sites for hydroxylation is 1. The van der Waals surface area contributed by atoms with E-state index in [0.717, 1.165) is 35.5 Å². The second-order valence-electron chi connectivity index (χ2n) is 6.66. The Hall–Kier alpha value is -2.64. The van der Waals surface area contributed by atoms with Gasteiger partial charge in [0, 0.05) is 38.7 Å². The first kappa shape index (κ1) is 14.9. The summed E-state index contributed by atoms with van der Waals surface area (Å²) in [6.07, 6.45) is 2.63. The molecule has 126 valence electrons. The van der Waals surface area contributed by atoms with Gasteiger partial charge < -0.3 is 15.2 Å². The van der Waals surface area contributed by atoms with Crippen LogP contribution in [0.25, 0.3) is 11.0 Å². The standard InChI is InChI=1S/C16H22N8/c1-9(2)14-19-11-8-24(6-5-12(11)22(14)3)16-20-13(17)10-7-18-23(4)15(10)21-16/h7,9H,5-6,8H2,1-4H3,(H2,17,20,21). The van der Waals surface area contributed by atoms with Gasteiger partial charge >= 0.3 is 0 Å². The van der Waals surface area contributed by atoms with Crippen LogP contribution in [0.1, 0.15) is 37.0 Å². The number of nitrogens with zero attached hydrogens (tertiary/aromatic N) is 7. The SMILES string of the molecule is CC(C)c1nc2c(n1C)CCN(c1nc(N)c3cnn(C)c3n1)C2. The maximum absolute atomic E-state index is 6.09. The lowest BCUT2D eigenvalue weighted by molar-refractivity contribution is 0.654. The maximum Gasteiger partial charge on any atom is 0.229 e. The molecular formula is C16H22N8. The Balaban J connectivity index is 1.72. The summed E-state index contributed by atoms with van der Waals surface area (Å²) in [6.45, 7) is 5.91. The van der Waals surface area contributed by atoms with E-state index in [1.807, 2.05) is 7.05 Å². The van der Waals surface area contributed by atoms with Gasteiger partial charge in [-0.2, -0.15) is 15.1 Å². The van der Waals surface area contributed by atoms with Crippen LogP contribution in [-0.4, -0.2) is 35.8 Å². The molecule has 0 saturated carbocycles. The zero-order valence-corrected chi connectivity index (χ0v) is 14.5. The summed E-state index contributed by atoms with van der Waals surface area (Å²) in [5.74, 6) is 2.65. The second kappa shape index (κ2) is 5.19. The Morgan fingerprint density at radius 1 is 1.17 bits per heavy atom. The quantitative estimate of drug-likeness (QED) is 0.765. The van der Waals surface area contributed by atoms with Gasteiger partial charge in [0.05, 0.1) is 23.8 Å². The fourth-order valence-electron chi connectivity index (χ4n) is 3.41. The number of imidazole rings is 1. The fourth-order valence-corrected chi connectivity index (χ4v) is 3.41. The minimum Gasteiger partial charge on any atom is -0.383 e. The molecule has 0 radical (unpaired) electrons. The molecule has 0 atom stereocenters. The van der Waals surface area contributed by atoms with Crippen LogP contribution < -0.4 is 10.6 Å². The van der Waals surface area contributed by atoms with Gasteiger partial charge in [0.15, 0.2) is 5.65 Å². The Labute approximate surface area is 140 Å². The number of anilines is 2. The van der Waals surface area contributed by atoms with Crippen molar-refractivity contribution in [1.29, 1.82) is 0 Å². The third kappa shape index (κ3) is 2.13. The zero-order valence-electron chi connectivity index (χ0n) is 14.5. The fraction of sp³-hybridized carbons (Fsp3) is 0.500. The number of aromatic nitrogens is 6. The molecule has 0 saturated heterocycles. The van der Waals surface area contributed by atoms with Crippen LogP contribution in [0.5, 0.6) is 0 Å². The van der Waals surface area contributed by atoms with Gasteiger partial charge in [0.1, 0.15) is 11.6 Å². The lowest BCUT2D eigenvalue weighted by atomic mass is 10.1. The number of nitrogen functional groups attached to an aromatic ring is 1. The smallest absolute Gasteiger partial charge is 0.229 e. The number of nitrogens with two attached hydrogens (primary N) is 1. The number of fused-ring (bicyclic) bond motifs is 2. The molecule has 2 N–H and O–H groups in total. The molecular weight excluding hydrogens is 304 g/mol. The Morgan fingerprint density at radius 2 is 1.96 bits per heavy atom. The molecule has 24 heavy (non-hydrogen) atoms. The van der Waals surface area contributed by atoms with E-state index >= 15 is 0 Å². The van der Waals surface area contributed by atoms with Crippen molar-refractivity contribution in [3.63, 3.8) is 0 Å². The van der Waals surface area contributed by atoms with Crippen LogP contribution in [0.15, 0.2) is 6.20 Å². The third-order valence-electron chi connectivity index (χ3n) is 4.70. The molecule has 1 aliphatic rings. The first-order valence-corrected chi connectivity index (χ1v) is 8.20. The summed E-state index contributed by atoms with van der Waals surface area (Å²) in [5, 5.41) is 5.00. The maximum atomic E-state index is 6.09. The van der Waals surface area contributed by atoms with Crippen LogP contribution in [0.3, 0.4) is 0 Å². The molecule has 4 rings (SSSR count). The Morgan fingerprint density at radius 3 is 2.71 bits per heavy atom. The van der Waals surface area contributed by atoms with E-state index in [-0.39, 0.29) is 0 Å². The molecule has 1 aliphatic heterocycles. The minimum atomic E-state index is 0.409. The van der Waals surface area contributed by atoms with E-state index in [9.17, 15) is 0 Å². The summed E-state index contributed by atoms with van der Waals surface area (Å²) in [5.41, 5.74) is 9.27. The average Bonchev–Trinajstić information content (AvgIpc) is 3.09. The highest BCUT2D eigenvalue weighted by Crippen LogP contribution is 2.27. The zero-order chi connectivity index (χ0) is 17.0. The van der Waals surface area contributed by atoms with E-state index in [1.54, 1.807) is 10.9 Å². The molecule has 0 aliphatic carbocycles. The molecule has 3 aromatic rings. The largest absolute Gasteiger partial charge is 0.383 e. The highest BCUT2D eigenvalue weighted by molar-refractivity contribution is 5.86. The molecule has 0 fully saturated rings. The van der Waals surface area contributed by atoms with Crippen LogP contribution in [0, 0.1) is 0 Å². The third-order valence-corrected chi connectivity index (χ3v) is 4.70. The van der Waals surface area contributed by atoms with Crippen molar-refractivity contribution in [2.24, 2.45) is 14.1 Å². The number of hydrogen-bond donors (Lipinski definition) is 1. The van der Waals surface area contributed by atoms with E-state index in [2.05, 4.69) is 45.4 Å². The molecule has 8 nitrogen and oxygen atoms in total. The molecule has 0 bridgehead atoms. The molecule has 0 amide bonds. The van der Waals surface area contributed by atoms with Gasteiger partial charge in [-0.25, -0.2) is 4.98 Å². The summed E-state index contributed by atoms with van der Waals surface area (Å²) in [7, 11) is 3.97. The van der Waals surface area contributed by atoms with Crippen molar-refractivity contribution in [1.82, 2.24) is 29.3 Å². The predicted octanol–water partition coefficient (Wildman–Crippen LogP) is 1.37. The summed E-state index contributed by atoms with van der Waals surface area (Å²) in [6, 6.07) is 0. The van der Waals surface area contributed by atoms with Gasteiger partial charge in [0.2, 0.25) is 5.95 Å². The van der Waals surface area contributed by atoms with Gasteiger partial charge in [-0.15, -0.1) is 0 Å². The molecule has 8 heteroatoms. The monoisotopic (exact) mass is 326 g/mol.